The molecular formula is C12H11BrN4O4. The van der Waals surface area contributed by atoms with Crippen LogP contribution in [-0.2, 0) is 7.05 Å². The van der Waals surface area contributed by atoms with Crippen molar-refractivity contribution >= 4 is 33.2 Å². The van der Waals surface area contributed by atoms with Crippen molar-refractivity contribution < 1.29 is 14.5 Å². The van der Waals surface area contributed by atoms with Gasteiger partial charge in [0.05, 0.1) is 28.3 Å². The van der Waals surface area contributed by atoms with Gasteiger partial charge in [0.1, 0.15) is 5.75 Å². The number of carbonyl (C=O) groups is 1. The van der Waals surface area contributed by atoms with Crippen LogP contribution in [0.2, 0.25) is 0 Å². The molecule has 0 saturated carbocycles. The second-order valence-corrected chi connectivity index (χ2v) is 4.98. The van der Waals surface area contributed by atoms with Gasteiger partial charge in [0.15, 0.2) is 5.69 Å². The second-order valence-electron chi connectivity index (χ2n) is 4.13. The Hall–Kier alpha value is -2.42. The minimum absolute atomic E-state index is 0.176. The first-order valence-electron chi connectivity index (χ1n) is 5.74. The predicted molar refractivity (Wildman–Crippen MR) is 78.5 cm³/mol. The van der Waals surface area contributed by atoms with E-state index in [-0.39, 0.29) is 22.8 Å². The van der Waals surface area contributed by atoms with E-state index >= 15 is 0 Å². The third kappa shape index (κ3) is 3.37. The van der Waals surface area contributed by atoms with Crippen LogP contribution >= 0.6 is 15.9 Å². The summed E-state index contributed by atoms with van der Waals surface area (Å²) in [5, 5.41) is 17.4. The quantitative estimate of drug-likeness (QED) is 0.670. The molecule has 0 unspecified atom stereocenters. The zero-order valence-corrected chi connectivity index (χ0v) is 12.7. The minimum atomic E-state index is -0.561. The van der Waals surface area contributed by atoms with Crippen molar-refractivity contribution in [2.75, 3.05) is 12.4 Å². The van der Waals surface area contributed by atoms with Crippen LogP contribution in [0.15, 0.2) is 28.9 Å². The maximum absolute atomic E-state index is 12.1. The van der Waals surface area contributed by atoms with Crippen LogP contribution in [0.4, 0.5) is 11.4 Å². The number of ether oxygens (including phenoxy) is 1. The van der Waals surface area contributed by atoms with Crippen LogP contribution in [-0.4, -0.2) is 27.7 Å². The minimum Gasteiger partial charge on any atom is -0.496 e. The number of hydrogen-bond donors (Lipinski definition) is 1. The van der Waals surface area contributed by atoms with E-state index in [1.165, 1.54) is 30.0 Å². The van der Waals surface area contributed by atoms with Crippen LogP contribution in [0.3, 0.4) is 0 Å². The molecule has 0 spiro atoms. The highest BCUT2D eigenvalue weighted by atomic mass is 79.9. The molecule has 1 heterocycles. The van der Waals surface area contributed by atoms with E-state index in [9.17, 15) is 14.9 Å². The molecule has 0 fully saturated rings. The summed E-state index contributed by atoms with van der Waals surface area (Å²) < 4.78 is 6.98. The molecule has 1 aromatic carbocycles. The lowest BCUT2D eigenvalue weighted by molar-refractivity contribution is -0.384. The first kappa shape index (κ1) is 15.0. The largest absolute Gasteiger partial charge is 0.496 e. The Morgan fingerprint density at radius 2 is 2.19 bits per heavy atom. The van der Waals surface area contributed by atoms with Crippen molar-refractivity contribution in [2.24, 2.45) is 7.05 Å². The van der Waals surface area contributed by atoms with Gasteiger partial charge in [-0.25, -0.2) is 0 Å². The lowest BCUT2D eigenvalue weighted by Gasteiger charge is -2.06. The number of halogens is 1. The molecule has 8 nitrogen and oxygen atoms in total. The normalized spacial score (nSPS) is 10.2. The van der Waals surface area contributed by atoms with Crippen molar-refractivity contribution in [2.45, 2.75) is 0 Å². The van der Waals surface area contributed by atoms with E-state index in [1.807, 2.05) is 0 Å². The SMILES string of the molecule is COc1cc(NC(=O)c2nn(C)cc2Br)cc([N+](=O)[O-])c1. The Labute approximate surface area is 128 Å². The lowest BCUT2D eigenvalue weighted by Crippen LogP contribution is -2.13. The number of non-ortho nitro benzene ring substituents is 1. The average Bonchev–Trinajstić information content (AvgIpc) is 2.77. The number of aryl methyl sites for hydroxylation is 1. The molecule has 2 rings (SSSR count). The highest BCUT2D eigenvalue weighted by Crippen LogP contribution is 2.26. The fourth-order valence-corrected chi connectivity index (χ4v) is 2.24. The maximum Gasteiger partial charge on any atom is 0.277 e. The Morgan fingerprint density at radius 3 is 2.71 bits per heavy atom. The fourth-order valence-electron chi connectivity index (χ4n) is 1.68. The van der Waals surface area contributed by atoms with Gasteiger partial charge in [-0.1, -0.05) is 0 Å². The predicted octanol–water partition coefficient (Wildman–Crippen LogP) is 2.35. The number of nitrogens with zero attached hydrogens (tertiary/aromatic N) is 3. The molecule has 2 aromatic rings. The Balaban J connectivity index is 2.30. The summed E-state index contributed by atoms with van der Waals surface area (Å²) in [6, 6.07) is 4.01. The van der Waals surface area contributed by atoms with Crippen molar-refractivity contribution in [3.63, 3.8) is 0 Å². The second kappa shape index (κ2) is 5.92. The van der Waals surface area contributed by atoms with Crippen LogP contribution < -0.4 is 10.1 Å². The summed E-state index contributed by atoms with van der Waals surface area (Å²) in [7, 11) is 3.07. The summed E-state index contributed by atoms with van der Waals surface area (Å²) in [5.74, 6) is -0.204. The molecule has 0 bridgehead atoms. The molecule has 0 aliphatic heterocycles. The van der Waals surface area contributed by atoms with Gasteiger partial charge in [-0.15, -0.1) is 0 Å². The Kier molecular flexibility index (Phi) is 4.22. The lowest BCUT2D eigenvalue weighted by atomic mass is 10.2. The van der Waals surface area contributed by atoms with Crippen molar-refractivity contribution in [1.82, 2.24) is 9.78 Å². The van der Waals surface area contributed by atoms with Crippen molar-refractivity contribution in [3.8, 4) is 5.75 Å². The fraction of sp³-hybridized carbons (Fsp3) is 0.167. The molecule has 1 N–H and O–H groups in total. The first-order chi connectivity index (χ1) is 9.90. The van der Waals surface area contributed by atoms with Crippen LogP contribution in [0, 0.1) is 10.1 Å². The number of methoxy groups -OCH3 is 1. The van der Waals surface area contributed by atoms with Crippen molar-refractivity contribution in [1.29, 1.82) is 0 Å². The summed E-state index contributed by atoms with van der Waals surface area (Å²) in [5.41, 5.74) is 0.260. The number of carbonyl (C=O) groups excluding carboxylic acids is 1. The number of benzene rings is 1. The average molecular weight is 355 g/mol. The number of anilines is 1. The third-order valence-corrected chi connectivity index (χ3v) is 3.18. The highest BCUT2D eigenvalue weighted by Gasteiger charge is 2.17. The molecule has 1 amide bonds. The van der Waals surface area contributed by atoms with Crippen LogP contribution in [0.1, 0.15) is 10.5 Å². The van der Waals surface area contributed by atoms with Crippen LogP contribution in [0.25, 0.3) is 0 Å². The smallest absolute Gasteiger partial charge is 0.277 e. The van der Waals surface area contributed by atoms with E-state index in [4.69, 9.17) is 4.74 Å². The number of aromatic nitrogens is 2. The van der Waals surface area contributed by atoms with E-state index in [0.29, 0.717) is 4.47 Å². The molecule has 0 aliphatic rings. The number of hydrogen-bond acceptors (Lipinski definition) is 5. The zero-order valence-electron chi connectivity index (χ0n) is 11.2. The van der Waals surface area contributed by atoms with E-state index in [1.54, 1.807) is 13.2 Å². The molecule has 0 aliphatic carbocycles. The summed E-state index contributed by atoms with van der Waals surface area (Å²) in [6.07, 6.45) is 1.63. The van der Waals surface area contributed by atoms with Gasteiger partial charge in [0.25, 0.3) is 11.6 Å². The van der Waals surface area contributed by atoms with Gasteiger partial charge in [0, 0.05) is 25.4 Å². The van der Waals surface area contributed by atoms with Gasteiger partial charge in [0.2, 0.25) is 0 Å². The van der Waals surface area contributed by atoms with Gasteiger partial charge in [-0.2, -0.15) is 5.10 Å². The van der Waals surface area contributed by atoms with Crippen LogP contribution in [0.5, 0.6) is 5.75 Å². The summed E-state index contributed by atoms with van der Waals surface area (Å²) in [6.45, 7) is 0. The number of rotatable bonds is 4. The standard InChI is InChI=1S/C12H11BrN4O4/c1-16-6-10(13)11(15-16)12(18)14-7-3-8(17(19)20)5-9(4-7)21-2/h3-6H,1-2H3,(H,14,18). The van der Waals surface area contributed by atoms with Crippen molar-refractivity contribution in [3.05, 3.63) is 44.7 Å². The number of nitro groups is 1. The van der Waals surface area contributed by atoms with Gasteiger partial charge >= 0.3 is 0 Å². The molecule has 0 radical (unpaired) electrons. The zero-order chi connectivity index (χ0) is 15.6. The topological polar surface area (TPSA) is 99.3 Å². The van der Waals surface area contributed by atoms with E-state index in [2.05, 4.69) is 26.3 Å². The monoisotopic (exact) mass is 354 g/mol. The number of nitrogens with one attached hydrogen (secondary N) is 1. The van der Waals surface area contributed by atoms with E-state index < -0.39 is 10.8 Å². The number of amides is 1. The molecule has 1 aromatic heterocycles. The van der Waals surface area contributed by atoms with E-state index in [0.717, 1.165) is 0 Å². The third-order valence-electron chi connectivity index (χ3n) is 2.59. The first-order valence-corrected chi connectivity index (χ1v) is 6.54. The highest BCUT2D eigenvalue weighted by molar-refractivity contribution is 9.10. The molecule has 110 valence electrons. The molecule has 21 heavy (non-hydrogen) atoms. The summed E-state index contributed by atoms with van der Waals surface area (Å²) >= 11 is 3.22. The summed E-state index contributed by atoms with van der Waals surface area (Å²) in [4.78, 5) is 22.4. The Morgan fingerprint density at radius 1 is 1.48 bits per heavy atom. The van der Waals surface area contributed by atoms with Gasteiger partial charge < -0.3 is 10.1 Å². The Bertz CT molecular complexity index is 713. The number of nitro benzene ring substituents is 1. The molecule has 0 atom stereocenters. The van der Waals surface area contributed by atoms with Gasteiger partial charge in [-0.05, 0) is 15.9 Å². The van der Waals surface area contributed by atoms with Gasteiger partial charge in [-0.3, -0.25) is 19.6 Å². The molecular weight excluding hydrogens is 344 g/mol. The molecule has 0 saturated heterocycles. The molecule has 9 heteroatoms. The maximum atomic E-state index is 12.1.